The average Bonchev–Trinajstić information content (AvgIpc) is 2.98. The van der Waals surface area contributed by atoms with Crippen LogP contribution in [-0.2, 0) is 4.79 Å². The van der Waals surface area contributed by atoms with E-state index in [9.17, 15) is 9.90 Å². The maximum atomic E-state index is 15.6. The Labute approximate surface area is 173 Å². The molecule has 9 atom stereocenters. The summed E-state index contributed by atoms with van der Waals surface area (Å²) in [7, 11) is 0. The van der Waals surface area contributed by atoms with Gasteiger partial charge in [0.2, 0.25) is 0 Å². The van der Waals surface area contributed by atoms with Crippen molar-refractivity contribution in [2.24, 2.45) is 46.3 Å². The Balaban J connectivity index is 1.60. The fraction of sp³-hybridized carbons (Fsp3) is 0.958. The molecule has 29 heavy (non-hydrogen) atoms. The molecule has 4 unspecified atom stereocenters. The summed E-state index contributed by atoms with van der Waals surface area (Å²) >= 11 is 0. The lowest BCUT2D eigenvalue weighted by Gasteiger charge is -2.63. The van der Waals surface area contributed by atoms with Crippen LogP contribution in [0.4, 0.5) is 8.78 Å². The zero-order valence-corrected chi connectivity index (χ0v) is 18.2. The van der Waals surface area contributed by atoms with Gasteiger partial charge < -0.3 is 10.2 Å². The van der Waals surface area contributed by atoms with Gasteiger partial charge in [0.25, 0.3) is 5.92 Å². The number of halogens is 2. The highest BCUT2D eigenvalue weighted by Crippen LogP contribution is 2.71. The SMILES string of the molecule is C[C@H](CCC(=O)O)C1CC[C@H]2C3[C@H](CC[C@]12C)C1(C)CC[C@@H](O)CC1CC3(F)F. The minimum atomic E-state index is -2.66. The Bertz CT molecular complexity index is 652. The molecule has 0 saturated heterocycles. The third-order valence-electron chi connectivity index (χ3n) is 10.2. The van der Waals surface area contributed by atoms with E-state index in [0.29, 0.717) is 18.8 Å². The fourth-order valence-electron chi connectivity index (χ4n) is 8.66. The van der Waals surface area contributed by atoms with Crippen LogP contribution in [0.25, 0.3) is 0 Å². The number of carbonyl (C=O) groups is 1. The number of alkyl halides is 2. The van der Waals surface area contributed by atoms with Gasteiger partial charge in [-0.25, -0.2) is 8.78 Å². The average molecular weight is 413 g/mol. The van der Waals surface area contributed by atoms with E-state index in [-0.39, 0.29) is 47.3 Å². The molecule has 0 aromatic rings. The summed E-state index contributed by atoms with van der Waals surface area (Å²) in [5.41, 5.74) is -0.167. The number of hydrogen-bond donors (Lipinski definition) is 2. The fourth-order valence-corrected chi connectivity index (χ4v) is 8.66. The van der Waals surface area contributed by atoms with Crippen molar-refractivity contribution in [3.8, 4) is 0 Å². The number of rotatable bonds is 4. The Morgan fingerprint density at radius 2 is 1.72 bits per heavy atom. The summed E-state index contributed by atoms with van der Waals surface area (Å²) in [5, 5.41) is 19.2. The molecular weight excluding hydrogens is 374 g/mol. The molecule has 0 aromatic heterocycles. The molecule has 0 bridgehead atoms. The largest absolute Gasteiger partial charge is 0.481 e. The maximum absolute atomic E-state index is 15.6. The number of hydrogen-bond acceptors (Lipinski definition) is 2. The monoisotopic (exact) mass is 412 g/mol. The van der Waals surface area contributed by atoms with E-state index in [1.807, 2.05) is 0 Å². The summed E-state index contributed by atoms with van der Waals surface area (Å²) in [5.74, 6) is -3.33. The molecule has 0 radical (unpaired) electrons. The highest BCUT2D eigenvalue weighted by molar-refractivity contribution is 5.66. The smallest absolute Gasteiger partial charge is 0.303 e. The lowest BCUT2D eigenvalue weighted by Crippen LogP contribution is -2.61. The van der Waals surface area contributed by atoms with Crippen LogP contribution in [0.3, 0.4) is 0 Å². The number of aliphatic hydroxyl groups excluding tert-OH is 1. The van der Waals surface area contributed by atoms with Crippen molar-refractivity contribution in [3.05, 3.63) is 0 Å². The molecule has 4 saturated carbocycles. The molecular formula is C24H38F2O3. The standard InChI is InChI=1S/C24H38F2O3/c1-14(4-7-20(28)29)17-5-6-18-21-19(9-11-23(17,18)3)22(2)10-8-16(27)12-15(22)13-24(21,25)26/h14-19,21,27H,4-13H2,1-3H3,(H,28,29)/t14-,15?,16-,17?,18+,19+,21?,22?,23-/m1/s1. The Morgan fingerprint density at radius 3 is 2.41 bits per heavy atom. The predicted molar refractivity (Wildman–Crippen MR) is 108 cm³/mol. The van der Waals surface area contributed by atoms with E-state index >= 15 is 8.78 Å². The van der Waals surface area contributed by atoms with Gasteiger partial charge in [0.15, 0.2) is 0 Å². The van der Waals surface area contributed by atoms with Crippen LogP contribution in [0, 0.1) is 46.3 Å². The first-order chi connectivity index (χ1) is 13.5. The Morgan fingerprint density at radius 1 is 1.07 bits per heavy atom. The summed E-state index contributed by atoms with van der Waals surface area (Å²) in [4.78, 5) is 11.0. The number of aliphatic hydroxyl groups is 1. The molecule has 4 fully saturated rings. The molecule has 5 heteroatoms. The van der Waals surface area contributed by atoms with Crippen molar-refractivity contribution in [1.29, 1.82) is 0 Å². The summed E-state index contributed by atoms with van der Waals surface area (Å²) in [6.07, 6.45) is 6.16. The highest BCUT2D eigenvalue weighted by Gasteiger charge is 2.68. The zero-order valence-electron chi connectivity index (χ0n) is 18.2. The Hall–Kier alpha value is -0.710. The topological polar surface area (TPSA) is 57.5 Å². The van der Waals surface area contributed by atoms with Crippen molar-refractivity contribution < 1.29 is 23.8 Å². The third kappa shape index (κ3) is 3.34. The second-order valence-electron chi connectivity index (χ2n) is 11.5. The van der Waals surface area contributed by atoms with Gasteiger partial charge in [0.1, 0.15) is 0 Å². The van der Waals surface area contributed by atoms with Gasteiger partial charge in [-0.05, 0) is 91.8 Å². The van der Waals surface area contributed by atoms with Gasteiger partial charge >= 0.3 is 5.97 Å². The number of fused-ring (bicyclic) bond motifs is 5. The first kappa shape index (κ1) is 21.5. The molecule has 4 rings (SSSR count). The molecule has 4 aliphatic carbocycles. The van der Waals surface area contributed by atoms with Gasteiger partial charge in [0.05, 0.1) is 6.10 Å². The molecule has 4 aliphatic rings. The first-order valence-electron chi connectivity index (χ1n) is 11.8. The minimum absolute atomic E-state index is 0.0400. The van der Waals surface area contributed by atoms with Gasteiger partial charge in [-0.1, -0.05) is 20.8 Å². The summed E-state index contributed by atoms with van der Waals surface area (Å²) in [6, 6.07) is 0. The van der Waals surface area contributed by atoms with Crippen LogP contribution in [0.15, 0.2) is 0 Å². The van der Waals surface area contributed by atoms with Crippen molar-refractivity contribution in [2.45, 2.75) is 97.0 Å². The zero-order chi connectivity index (χ0) is 21.2. The summed E-state index contributed by atoms with van der Waals surface area (Å²) in [6.45, 7) is 6.60. The van der Waals surface area contributed by atoms with E-state index in [0.717, 1.165) is 38.5 Å². The normalized spacial score (nSPS) is 49.6. The summed E-state index contributed by atoms with van der Waals surface area (Å²) < 4.78 is 31.3. The van der Waals surface area contributed by atoms with Gasteiger partial charge in [0, 0.05) is 18.8 Å². The predicted octanol–water partition coefficient (Wildman–Crippen LogP) is 5.75. The van der Waals surface area contributed by atoms with Gasteiger partial charge in [-0.3, -0.25) is 4.79 Å². The molecule has 0 aliphatic heterocycles. The molecule has 3 nitrogen and oxygen atoms in total. The third-order valence-corrected chi connectivity index (χ3v) is 10.2. The first-order valence-corrected chi connectivity index (χ1v) is 11.8. The number of aliphatic carboxylic acids is 1. The number of carboxylic acids is 1. The highest BCUT2D eigenvalue weighted by atomic mass is 19.3. The van der Waals surface area contributed by atoms with E-state index in [2.05, 4.69) is 20.8 Å². The van der Waals surface area contributed by atoms with Crippen LogP contribution in [0.2, 0.25) is 0 Å². The lowest BCUT2D eigenvalue weighted by molar-refractivity contribution is -0.238. The molecule has 0 amide bonds. The van der Waals surface area contributed by atoms with Crippen LogP contribution in [0.1, 0.15) is 85.0 Å². The molecule has 0 heterocycles. The second kappa shape index (κ2) is 7.17. The molecule has 2 N–H and O–H groups in total. The van der Waals surface area contributed by atoms with Crippen molar-refractivity contribution in [1.82, 2.24) is 0 Å². The van der Waals surface area contributed by atoms with Gasteiger partial charge in [-0.2, -0.15) is 0 Å². The maximum Gasteiger partial charge on any atom is 0.303 e. The Kier molecular flexibility index (Phi) is 5.32. The van der Waals surface area contributed by atoms with E-state index in [1.165, 1.54) is 0 Å². The quantitative estimate of drug-likeness (QED) is 0.618. The molecule has 166 valence electrons. The lowest BCUT2D eigenvalue weighted by atomic mass is 9.43. The van der Waals surface area contributed by atoms with E-state index in [1.54, 1.807) is 0 Å². The van der Waals surface area contributed by atoms with Crippen molar-refractivity contribution >= 4 is 5.97 Å². The van der Waals surface area contributed by atoms with Crippen LogP contribution in [0.5, 0.6) is 0 Å². The number of carboxylic acid groups (broad SMARTS) is 1. The molecule has 0 aromatic carbocycles. The van der Waals surface area contributed by atoms with Crippen LogP contribution < -0.4 is 0 Å². The van der Waals surface area contributed by atoms with Crippen molar-refractivity contribution in [2.75, 3.05) is 0 Å². The van der Waals surface area contributed by atoms with Gasteiger partial charge in [-0.15, -0.1) is 0 Å². The minimum Gasteiger partial charge on any atom is -0.481 e. The van der Waals surface area contributed by atoms with Crippen molar-refractivity contribution in [3.63, 3.8) is 0 Å². The van der Waals surface area contributed by atoms with Crippen LogP contribution >= 0.6 is 0 Å². The van der Waals surface area contributed by atoms with E-state index in [4.69, 9.17) is 5.11 Å². The molecule has 0 spiro atoms. The van der Waals surface area contributed by atoms with E-state index < -0.39 is 23.9 Å². The van der Waals surface area contributed by atoms with Crippen LogP contribution in [-0.4, -0.2) is 28.2 Å². The second-order valence-corrected chi connectivity index (χ2v) is 11.5.